The molecule has 0 amide bonds. The van der Waals surface area contributed by atoms with Crippen LogP contribution >= 0.6 is 0 Å². The van der Waals surface area contributed by atoms with E-state index in [1.807, 2.05) is 66.1 Å². The second kappa shape index (κ2) is 9.91. The summed E-state index contributed by atoms with van der Waals surface area (Å²) in [7, 11) is 1.35. The normalized spacial score (nSPS) is 11.1. The molecule has 0 saturated heterocycles. The Bertz CT molecular complexity index is 1580. The van der Waals surface area contributed by atoms with Crippen molar-refractivity contribution in [1.29, 1.82) is 0 Å². The number of ether oxygens (including phenoxy) is 2. The first-order valence-corrected chi connectivity index (χ1v) is 11.5. The number of rotatable bonds is 8. The Hall–Kier alpha value is -4.66. The number of carbonyl (C=O) groups is 1. The molecule has 182 valence electrons. The lowest BCUT2D eigenvalue weighted by atomic mass is 9.97. The molecule has 3 aromatic carbocycles. The number of fused-ring (bicyclic) bond motifs is 1. The Morgan fingerprint density at radius 3 is 2.61 bits per heavy atom. The molecule has 0 aliphatic heterocycles. The Morgan fingerprint density at radius 1 is 1.06 bits per heavy atom. The summed E-state index contributed by atoms with van der Waals surface area (Å²) < 4.78 is 17.6. The number of imidazole rings is 1. The summed E-state index contributed by atoms with van der Waals surface area (Å²) >= 11 is 0. The summed E-state index contributed by atoms with van der Waals surface area (Å²) in [5.41, 5.74) is 5.10. The summed E-state index contributed by atoms with van der Waals surface area (Å²) in [5.74, 6) is -0.758. The smallest absolute Gasteiger partial charge is 0.439 e. The van der Waals surface area contributed by atoms with E-state index in [9.17, 15) is 9.59 Å². The number of aromatic nitrogens is 4. The highest BCUT2D eigenvalue weighted by Gasteiger charge is 2.21. The maximum absolute atomic E-state index is 12.5. The second-order valence-electron chi connectivity index (χ2n) is 8.18. The number of nitrogens with zero attached hydrogens (tertiary/aromatic N) is 3. The minimum absolute atomic E-state index is 0.328. The maximum Gasteiger partial charge on any atom is 0.439 e. The number of para-hydroxylation sites is 1. The van der Waals surface area contributed by atoms with Crippen LogP contribution in [0, 0.1) is 0 Å². The molecule has 0 aliphatic rings. The van der Waals surface area contributed by atoms with Gasteiger partial charge in [0.05, 0.1) is 36.9 Å². The van der Waals surface area contributed by atoms with Gasteiger partial charge in [-0.15, -0.1) is 0 Å². The molecule has 2 aromatic heterocycles. The van der Waals surface area contributed by atoms with E-state index in [0.29, 0.717) is 47.1 Å². The van der Waals surface area contributed by atoms with Crippen molar-refractivity contribution in [3.05, 3.63) is 88.4 Å². The monoisotopic (exact) mass is 484 g/mol. The number of esters is 1. The van der Waals surface area contributed by atoms with Crippen molar-refractivity contribution in [2.75, 3.05) is 13.7 Å². The van der Waals surface area contributed by atoms with Crippen LogP contribution in [-0.2, 0) is 11.3 Å². The van der Waals surface area contributed by atoms with Gasteiger partial charge >= 0.3 is 11.7 Å². The SMILES string of the molecule is CCCOc1nc2cccc(C(=O)OC)c2n1Cc1ccc(-c2ccccc2)c(-c2noc(=O)[nH]2)c1. The van der Waals surface area contributed by atoms with Crippen molar-refractivity contribution in [1.82, 2.24) is 19.7 Å². The summed E-state index contributed by atoms with van der Waals surface area (Å²) in [6.45, 7) is 2.85. The van der Waals surface area contributed by atoms with Gasteiger partial charge in [0.2, 0.25) is 0 Å². The van der Waals surface area contributed by atoms with Gasteiger partial charge in [-0.05, 0) is 41.3 Å². The van der Waals surface area contributed by atoms with Gasteiger partial charge in [0.15, 0.2) is 5.82 Å². The molecule has 0 spiro atoms. The predicted octanol–water partition coefficient (Wildman–Crippen LogP) is 4.67. The minimum Gasteiger partial charge on any atom is -0.465 e. The fraction of sp³-hybridized carbons (Fsp3) is 0.185. The van der Waals surface area contributed by atoms with Crippen LogP contribution in [0.25, 0.3) is 33.5 Å². The zero-order chi connectivity index (χ0) is 25.1. The van der Waals surface area contributed by atoms with Crippen LogP contribution in [0.2, 0.25) is 0 Å². The second-order valence-corrected chi connectivity index (χ2v) is 8.18. The molecular formula is C27H24N4O5. The van der Waals surface area contributed by atoms with Gasteiger partial charge in [0, 0.05) is 5.56 Å². The summed E-state index contributed by atoms with van der Waals surface area (Å²) in [4.78, 5) is 31.5. The van der Waals surface area contributed by atoms with E-state index in [-0.39, 0.29) is 0 Å². The zero-order valence-electron chi connectivity index (χ0n) is 19.9. The molecule has 0 radical (unpaired) electrons. The first-order valence-electron chi connectivity index (χ1n) is 11.5. The van der Waals surface area contributed by atoms with Crippen molar-refractivity contribution < 1.29 is 18.8 Å². The number of carbonyl (C=O) groups excluding carboxylic acids is 1. The average Bonchev–Trinajstić information content (AvgIpc) is 3.50. The highest BCUT2D eigenvalue weighted by molar-refractivity contribution is 6.02. The van der Waals surface area contributed by atoms with Crippen LogP contribution in [0.15, 0.2) is 76.0 Å². The molecule has 5 aromatic rings. The third-order valence-corrected chi connectivity index (χ3v) is 5.78. The maximum atomic E-state index is 12.5. The first kappa shape index (κ1) is 23.1. The van der Waals surface area contributed by atoms with Crippen LogP contribution in [0.4, 0.5) is 0 Å². The van der Waals surface area contributed by atoms with Gasteiger partial charge in [0.1, 0.15) is 0 Å². The van der Waals surface area contributed by atoms with E-state index < -0.39 is 11.7 Å². The Balaban J connectivity index is 1.66. The Morgan fingerprint density at radius 2 is 1.89 bits per heavy atom. The standard InChI is InChI=1S/C27H24N4O5/c1-3-14-35-26-28-22-11-7-10-20(25(32)34-2)23(22)31(26)16-17-12-13-19(18-8-5-4-6-9-18)21(15-17)24-29-27(33)36-30-24/h4-13,15H,3,14,16H2,1-2H3,(H,29,30,33). The van der Waals surface area contributed by atoms with E-state index in [1.165, 1.54) is 7.11 Å². The molecule has 0 fully saturated rings. The molecule has 5 rings (SSSR count). The van der Waals surface area contributed by atoms with Gasteiger partial charge < -0.3 is 9.47 Å². The molecule has 2 heterocycles. The van der Waals surface area contributed by atoms with Gasteiger partial charge in [-0.3, -0.25) is 14.1 Å². The van der Waals surface area contributed by atoms with Crippen molar-refractivity contribution >= 4 is 17.0 Å². The number of benzene rings is 3. The van der Waals surface area contributed by atoms with Crippen molar-refractivity contribution in [2.24, 2.45) is 0 Å². The van der Waals surface area contributed by atoms with Crippen LogP contribution in [0.3, 0.4) is 0 Å². The number of aromatic amines is 1. The molecular weight excluding hydrogens is 460 g/mol. The van der Waals surface area contributed by atoms with E-state index in [0.717, 1.165) is 23.1 Å². The van der Waals surface area contributed by atoms with E-state index in [1.54, 1.807) is 12.1 Å². The molecule has 9 heteroatoms. The van der Waals surface area contributed by atoms with Gasteiger partial charge in [-0.1, -0.05) is 60.6 Å². The Labute approximate surface area is 206 Å². The highest BCUT2D eigenvalue weighted by atomic mass is 16.5. The molecule has 9 nitrogen and oxygen atoms in total. The quantitative estimate of drug-likeness (QED) is 0.319. The molecule has 36 heavy (non-hydrogen) atoms. The highest BCUT2D eigenvalue weighted by Crippen LogP contribution is 2.32. The first-order chi connectivity index (χ1) is 17.6. The lowest BCUT2D eigenvalue weighted by molar-refractivity contribution is 0.0602. The molecule has 0 saturated carbocycles. The molecule has 1 N–H and O–H groups in total. The lowest BCUT2D eigenvalue weighted by Gasteiger charge is -2.14. The molecule has 0 bridgehead atoms. The van der Waals surface area contributed by atoms with Crippen molar-refractivity contribution in [2.45, 2.75) is 19.9 Å². The third kappa shape index (κ3) is 4.38. The number of H-pyrrole nitrogens is 1. The van der Waals surface area contributed by atoms with Crippen molar-refractivity contribution in [3.8, 4) is 28.5 Å². The summed E-state index contributed by atoms with van der Waals surface area (Å²) in [6.07, 6.45) is 0.808. The predicted molar refractivity (Wildman–Crippen MR) is 134 cm³/mol. The topological polar surface area (TPSA) is 112 Å². The largest absolute Gasteiger partial charge is 0.465 e. The number of nitrogens with one attached hydrogen (secondary N) is 1. The molecule has 0 unspecified atom stereocenters. The molecule has 0 atom stereocenters. The summed E-state index contributed by atoms with van der Waals surface area (Å²) in [6, 6.07) is 21.4. The van der Waals surface area contributed by atoms with E-state index in [2.05, 4.69) is 15.1 Å². The fourth-order valence-electron chi connectivity index (χ4n) is 4.17. The number of hydrogen-bond donors (Lipinski definition) is 1. The van der Waals surface area contributed by atoms with Gasteiger partial charge in [0.25, 0.3) is 6.01 Å². The summed E-state index contributed by atoms with van der Waals surface area (Å²) in [5, 5.41) is 3.92. The fourth-order valence-corrected chi connectivity index (χ4v) is 4.17. The molecule has 0 aliphatic carbocycles. The van der Waals surface area contributed by atoms with Crippen LogP contribution in [0.5, 0.6) is 6.01 Å². The Kier molecular flexibility index (Phi) is 6.36. The third-order valence-electron chi connectivity index (χ3n) is 5.78. The van der Waals surface area contributed by atoms with E-state index >= 15 is 0 Å². The zero-order valence-corrected chi connectivity index (χ0v) is 19.9. The average molecular weight is 485 g/mol. The van der Waals surface area contributed by atoms with Crippen LogP contribution in [-0.4, -0.2) is 39.4 Å². The lowest BCUT2D eigenvalue weighted by Crippen LogP contribution is -2.09. The van der Waals surface area contributed by atoms with E-state index in [4.69, 9.17) is 14.0 Å². The van der Waals surface area contributed by atoms with Crippen LogP contribution < -0.4 is 10.5 Å². The van der Waals surface area contributed by atoms with Crippen molar-refractivity contribution in [3.63, 3.8) is 0 Å². The van der Waals surface area contributed by atoms with Gasteiger partial charge in [-0.2, -0.15) is 4.98 Å². The minimum atomic E-state index is -0.631. The van der Waals surface area contributed by atoms with Gasteiger partial charge in [-0.25, -0.2) is 9.59 Å². The number of hydrogen-bond acceptors (Lipinski definition) is 7. The van der Waals surface area contributed by atoms with Crippen LogP contribution in [0.1, 0.15) is 29.3 Å². The number of methoxy groups -OCH3 is 1.